The van der Waals surface area contributed by atoms with Crippen molar-refractivity contribution in [3.8, 4) is 5.69 Å². The van der Waals surface area contributed by atoms with Gasteiger partial charge in [0.25, 0.3) is 0 Å². The minimum absolute atomic E-state index is 0.0273. The zero-order valence-electron chi connectivity index (χ0n) is 12.2. The molecule has 1 saturated heterocycles. The van der Waals surface area contributed by atoms with Gasteiger partial charge in [-0.1, -0.05) is 18.2 Å². The summed E-state index contributed by atoms with van der Waals surface area (Å²) in [6, 6.07) is 9.63. The second-order valence-electron chi connectivity index (χ2n) is 5.66. The number of nitrogens with two attached hydrogens (primary N) is 1. The van der Waals surface area contributed by atoms with Gasteiger partial charge in [0.2, 0.25) is 0 Å². The highest BCUT2D eigenvalue weighted by molar-refractivity contribution is 6.01. The molecule has 0 saturated carbocycles. The topological polar surface area (TPSA) is 64.2 Å². The number of piperidine rings is 1. The molecule has 0 bridgehead atoms. The van der Waals surface area contributed by atoms with Gasteiger partial charge in [-0.3, -0.25) is 4.79 Å². The van der Waals surface area contributed by atoms with Crippen LogP contribution in [0.2, 0.25) is 0 Å². The molecule has 1 atom stereocenters. The van der Waals surface area contributed by atoms with Gasteiger partial charge in [-0.15, -0.1) is 0 Å². The number of aromatic nitrogens is 2. The van der Waals surface area contributed by atoms with Crippen LogP contribution < -0.4 is 5.73 Å². The smallest absolute Gasteiger partial charge is 0.172 e. The number of Topliss-reactive ketones (excluding diaryl/α,β-unsaturated/α-hetero) is 1. The summed E-state index contributed by atoms with van der Waals surface area (Å²) in [4.78, 5) is 14.8. The molecule has 1 aliphatic heterocycles. The third kappa shape index (κ3) is 2.69. The molecule has 1 aliphatic rings. The van der Waals surface area contributed by atoms with Gasteiger partial charge in [-0.2, -0.15) is 5.10 Å². The summed E-state index contributed by atoms with van der Waals surface area (Å²) in [6.07, 6.45) is 3.58. The summed E-state index contributed by atoms with van der Waals surface area (Å²) in [7, 11) is 2.05. The first-order chi connectivity index (χ1) is 10.2. The van der Waals surface area contributed by atoms with E-state index in [1.54, 1.807) is 10.9 Å². The quantitative estimate of drug-likeness (QED) is 0.875. The molecule has 5 nitrogen and oxygen atoms in total. The van der Waals surface area contributed by atoms with Crippen molar-refractivity contribution < 1.29 is 4.79 Å². The monoisotopic (exact) mass is 284 g/mol. The van der Waals surface area contributed by atoms with Crippen LogP contribution in [0.1, 0.15) is 23.2 Å². The van der Waals surface area contributed by atoms with Crippen LogP contribution in [0.5, 0.6) is 0 Å². The van der Waals surface area contributed by atoms with Gasteiger partial charge in [0.1, 0.15) is 5.82 Å². The molecule has 0 amide bonds. The minimum Gasteiger partial charge on any atom is -0.383 e. The average molecular weight is 284 g/mol. The molecule has 2 N–H and O–H groups in total. The third-order valence-electron chi connectivity index (χ3n) is 4.07. The molecule has 2 heterocycles. The molecular formula is C16H20N4O. The number of rotatable bonds is 3. The van der Waals surface area contributed by atoms with E-state index in [0.717, 1.165) is 31.6 Å². The highest BCUT2D eigenvalue weighted by Crippen LogP contribution is 2.24. The molecule has 3 rings (SSSR count). The van der Waals surface area contributed by atoms with E-state index in [2.05, 4.69) is 17.0 Å². The molecule has 1 unspecified atom stereocenters. The largest absolute Gasteiger partial charge is 0.383 e. The number of ketones is 1. The van der Waals surface area contributed by atoms with Gasteiger partial charge in [0, 0.05) is 12.5 Å². The molecule has 0 radical (unpaired) electrons. The SMILES string of the molecule is CN1CCCC(C(=O)c2cnn(-c3ccccc3)c2N)C1. The van der Waals surface area contributed by atoms with E-state index in [1.165, 1.54) is 0 Å². The first-order valence-electron chi connectivity index (χ1n) is 7.28. The lowest BCUT2D eigenvalue weighted by Gasteiger charge is -2.28. The zero-order chi connectivity index (χ0) is 14.8. The van der Waals surface area contributed by atoms with Crippen LogP contribution in [-0.4, -0.2) is 40.6 Å². The van der Waals surface area contributed by atoms with Crippen LogP contribution in [0.25, 0.3) is 5.69 Å². The van der Waals surface area contributed by atoms with Crippen LogP contribution in [0.4, 0.5) is 5.82 Å². The average Bonchev–Trinajstić information content (AvgIpc) is 2.89. The summed E-state index contributed by atoms with van der Waals surface area (Å²) in [5, 5.41) is 4.28. The summed E-state index contributed by atoms with van der Waals surface area (Å²) in [6.45, 7) is 1.86. The predicted octanol–water partition coefficient (Wildman–Crippen LogP) is 1.98. The van der Waals surface area contributed by atoms with Gasteiger partial charge >= 0.3 is 0 Å². The number of carbonyl (C=O) groups excluding carboxylic acids is 1. The van der Waals surface area contributed by atoms with Crippen molar-refractivity contribution in [2.75, 3.05) is 25.9 Å². The summed E-state index contributed by atoms with van der Waals surface area (Å²) in [5.41, 5.74) is 7.55. The number of carbonyl (C=O) groups is 1. The molecule has 1 aromatic heterocycles. The molecule has 0 aliphatic carbocycles. The molecule has 0 spiro atoms. The lowest BCUT2D eigenvalue weighted by molar-refractivity contribution is 0.0844. The van der Waals surface area contributed by atoms with Crippen molar-refractivity contribution in [1.82, 2.24) is 14.7 Å². The number of likely N-dealkylation sites (tertiary alicyclic amines) is 1. The number of anilines is 1. The fourth-order valence-corrected chi connectivity index (χ4v) is 2.92. The third-order valence-corrected chi connectivity index (χ3v) is 4.07. The van der Waals surface area contributed by atoms with E-state index in [-0.39, 0.29) is 11.7 Å². The first-order valence-corrected chi connectivity index (χ1v) is 7.28. The fourth-order valence-electron chi connectivity index (χ4n) is 2.92. The fraction of sp³-hybridized carbons (Fsp3) is 0.375. The second-order valence-corrected chi connectivity index (χ2v) is 5.66. The number of hydrogen-bond donors (Lipinski definition) is 1. The Kier molecular flexibility index (Phi) is 3.75. The van der Waals surface area contributed by atoms with Gasteiger partial charge in [-0.05, 0) is 38.6 Å². The number of hydrogen-bond acceptors (Lipinski definition) is 4. The number of benzene rings is 1. The highest BCUT2D eigenvalue weighted by atomic mass is 16.1. The Morgan fingerprint density at radius 1 is 1.33 bits per heavy atom. The summed E-state index contributed by atoms with van der Waals surface area (Å²) < 4.78 is 1.62. The van der Waals surface area contributed by atoms with Crippen LogP contribution >= 0.6 is 0 Å². The summed E-state index contributed by atoms with van der Waals surface area (Å²) >= 11 is 0. The Bertz CT molecular complexity index is 635. The molecule has 110 valence electrons. The van der Waals surface area contributed by atoms with Crippen molar-refractivity contribution >= 4 is 11.6 Å². The number of nitrogens with zero attached hydrogens (tertiary/aromatic N) is 3. The summed E-state index contributed by atoms with van der Waals surface area (Å²) in [5.74, 6) is 0.570. The Labute approximate surface area is 124 Å². The predicted molar refractivity (Wildman–Crippen MR) is 82.5 cm³/mol. The van der Waals surface area contributed by atoms with Gasteiger partial charge in [0.15, 0.2) is 5.78 Å². The van der Waals surface area contributed by atoms with E-state index in [1.807, 2.05) is 30.3 Å². The Morgan fingerprint density at radius 2 is 2.10 bits per heavy atom. The number of nitrogen functional groups attached to an aromatic ring is 1. The van der Waals surface area contributed by atoms with E-state index in [9.17, 15) is 4.79 Å². The van der Waals surface area contributed by atoms with Gasteiger partial charge in [-0.25, -0.2) is 4.68 Å². The maximum absolute atomic E-state index is 12.7. The van der Waals surface area contributed by atoms with Crippen molar-refractivity contribution in [2.45, 2.75) is 12.8 Å². The zero-order valence-corrected chi connectivity index (χ0v) is 12.2. The molecule has 1 aromatic carbocycles. The maximum atomic E-state index is 12.7. The lowest BCUT2D eigenvalue weighted by Crippen LogP contribution is -2.36. The van der Waals surface area contributed by atoms with Crippen LogP contribution in [0, 0.1) is 5.92 Å². The molecule has 21 heavy (non-hydrogen) atoms. The standard InChI is InChI=1S/C16H20N4O/c1-19-9-5-6-12(11-19)15(21)14-10-18-20(16(14)17)13-7-3-2-4-8-13/h2-4,7-8,10,12H,5-6,9,11,17H2,1H3. The Balaban J connectivity index is 1.87. The minimum atomic E-state index is 0.0273. The van der Waals surface area contributed by atoms with E-state index >= 15 is 0 Å². The molecule has 5 heteroatoms. The van der Waals surface area contributed by atoms with E-state index < -0.39 is 0 Å². The normalized spacial score (nSPS) is 19.6. The van der Waals surface area contributed by atoms with Crippen molar-refractivity contribution in [1.29, 1.82) is 0 Å². The molecular weight excluding hydrogens is 264 g/mol. The maximum Gasteiger partial charge on any atom is 0.172 e. The van der Waals surface area contributed by atoms with E-state index in [4.69, 9.17) is 5.73 Å². The molecule has 1 fully saturated rings. The highest BCUT2D eigenvalue weighted by Gasteiger charge is 2.27. The Morgan fingerprint density at radius 3 is 2.81 bits per heavy atom. The van der Waals surface area contributed by atoms with Crippen molar-refractivity contribution in [3.05, 3.63) is 42.1 Å². The van der Waals surface area contributed by atoms with Gasteiger partial charge < -0.3 is 10.6 Å². The van der Waals surface area contributed by atoms with E-state index in [0.29, 0.717) is 11.4 Å². The van der Waals surface area contributed by atoms with Crippen LogP contribution in [0.3, 0.4) is 0 Å². The van der Waals surface area contributed by atoms with Crippen molar-refractivity contribution in [3.63, 3.8) is 0 Å². The lowest BCUT2D eigenvalue weighted by atomic mass is 9.91. The van der Waals surface area contributed by atoms with Gasteiger partial charge in [0.05, 0.1) is 17.4 Å². The second kappa shape index (κ2) is 5.69. The van der Waals surface area contributed by atoms with Crippen molar-refractivity contribution in [2.24, 2.45) is 5.92 Å². The molecule has 2 aromatic rings. The first kappa shape index (κ1) is 13.8. The van der Waals surface area contributed by atoms with Crippen LogP contribution in [0.15, 0.2) is 36.5 Å². The number of para-hydroxylation sites is 1. The van der Waals surface area contributed by atoms with Crippen LogP contribution in [-0.2, 0) is 0 Å². The Hall–Kier alpha value is -2.14.